The standard InChI is InChI=1S/C17H18Cl2N2O5.C2H4O3.C2H4O2.CH4O/c1-20-15(23)6-7-21(10-22)16-5-3-12(26-16)9-25-17(24)13-4-2-11(18)8-14(13)19;1-5-2(3)4;1-4-2-3;1-2/h2,4,6-8,10,12,16H,3,5,9H2,1H3,(H,20,23);1H3,(H,3,4);2H,1H3;2H,1H3/b7-6-;;;. The van der Waals surface area contributed by atoms with Crippen LogP contribution in [0.5, 0.6) is 0 Å². The van der Waals surface area contributed by atoms with Crippen LogP contribution in [0.25, 0.3) is 0 Å². The number of likely N-dealkylation sites (N-methyl/N-ethyl adjacent to an activating group) is 1. The highest BCUT2D eigenvalue weighted by Crippen LogP contribution is 2.24. The van der Waals surface area contributed by atoms with Crippen molar-refractivity contribution >= 4 is 54.1 Å². The Kier molecular flexibility index (Phi) is 21.1. The fourth-order valence-electron chi connectivity index (χ4n) is 2.37. The number of methoxy groups -OCH3 is 2. The number of hydrogen-bond acceptors (Lipinski definition) is 10. The SMILES string of the molecule is CNC(=O)/C=C\N(C=O)C1CCC(COC(=O)c2ccc(Cl)cc2Cl)O1.CO.COC(=O)O.COC=O. The molecule has 1 fully saturated rings. The van der Waals surface area contributed by atoms with E-state index in [0.717, 1.165) is 14.2 Å². The average Bonchev–Trinajstić information content (AvgIpc) is 3.38. The van der Waals surface area contributed by atoms with E-state index in [2.05, 4.69) is 14.8 Å². The first kappa shape index (κ1) is 35.8. The summed E-state index contributed by atoms with van der Waals surface area (Å²) in [6.07, 6.45) is 2.19. The Balaban J connectivity index is 0. The lowest BCUT2D eigenvalue weighted by molar-refractivity contribution is -0.127. The highest BCUT2D eigenvalue weighted by atomic mass is 35.5. The van der Waals surface area contributed by atoms with Gasteiger partial charge in [0.15, 0.2) is 0 Å². The predicted molar refractivity (Wildman–Crippen MR) is 132 cm³/mol. The molecule has 0 saturated carbocycles. The maximum Gasteiger partial charge on any atom is 0.505 e. The summed E-state index contributed by atoms with van der Waals surface area (Å²) in [7, 11) is 4.90. The monoisotopic (exact) mass is 568 g/mol. The van der Waals surface area contributed by atoms with Crippen LogP contribution in [0.3, 0.4) is 0 Å². The van der Waals surface area contributed by atoms with Gasteiger partial charge in [0.05, 0.1) is 30.9 Å². The number of carboxylic acid groups (broad SMARTS) is 1. The fraction of sp³-hybridized carbons (Fsp3) is 0.409. The van der Waals surface area contributed by atoms with Gasteiger partial charge in [0.25, 0.3) is 6.47 Å². The number of benzene rings is 1. The molecule has 2 atom stereocenters. The molecule has 2 unspecified atom stereocenters. The van der Waals surface area contributed by atoms with Gasteiger partial charge in [-0.1, -0.05) is 23.2 Å². The highest BCUT2D eigenvalue weighted by Gasteiger charge is 2.30. The Morgan fingerprint density at radius 3 is 2.24 bits per heavy atom. The van der Waals surface area contributed by atoms with E-state index >= 15 is 0 Å². The number of halogens is 2. The van der Waals surface area contributed by atoms with Gasteiger partial charge in [0.2, 0.25) is 12.3 Å². The van der Waals surface area contributed by atoms with E-state index in [-0.39, 0.29) is 29.2 Å². The molecular weight excluding hydrogens is 539 g/mol. The maximum atomic E-state index is 12.1. The number of hydrogen-bond donors (Lipinski definition) is 3. The van der Waals surface area contributed by atoms with Crippen LogP contribution in [0.2, 0.25) is 10.0 Å². The number of rotatable bonds is 8. The average molecular weight is 569 g/mol. The van der Waals surface area contributed by atoms with Gasteiger partial charge in [-0.25, -0.2) is 9.59 Å². The van der Waals surface area contributed by atoms with Crippen molar-refractivity contribution in [1.29, 1.82) is 0 Å². The van der Waals surface area contributed by atoms with Crippen LogP contribution in [-0.2, 0) is 33.3 Å². The molecule has 0 radical (unpaired) electrons. The molecule has 208 valence electrons. The van der Waals surface area contributed by atoms with Gasteiger partial charge >= 0.3 is 12.1 Å². The smallest absolute Gasteiger partial charge is 0.471 e. The molecule has 1 saturated heterocycles. The van der Waals surface area contributed by atoms with Crippen LogP contribution < -0.4 is 5.32 Å². The molecule has 3 N–H and O–H groups in total. The lowest BCUT2D eigenvalue weighted by Gasteiger charge is -2.21. The molecule has 0 aromatic heterocycles. The first-order chi connectivity index (χ1) is 17.6. The lowest BCUT2D eigenvalue weighted by atomic mass is 10.2. The first-order valence-electron chi connectivity index (χ1n) is 10.2. The third-order valence-corrected chi connectivity index (χ3v) is 4.55. The molecule has 13 nitrogen and oxygen atoms in total. The van der Waals surface area contributed by atoms with Crippen molar-refractivity contribution in [3.8, 4) is 0 Å². The minimum atomic E-state index is -1.25. The topological polar surface area (TPSA) is 178 Å². The number of ether oxygens (including phenoxy) is 4. The van der Waals surface area contributed by atoms with E-state index in [1.54, 1.807) is 6.07 Å². The zero-order valence-electron chi connectivity index (χ0n) is 20.6. The van der Waals surface area contributed by atoms with E-state index in [0.29, 0.717) is 30.7 Å². The minimum Gasteiger partial charge on any atom is -0.471 e. The number of esters is 1. The van der Waals surface area contributed by atoms with Gasteiger partial charge in [0, 0.05) is 31.5 Å². The molecule has 2 rings (SSSR count). The Bertz CT molecular complexity index is 884. The van der Waals surface area contributed by atoms with Gasteiger partial charge in [-0.05, 0) is 31.0 Å². The normalized spacial score (nSPS) is 15.2. The molecule has 37 heavy (non-hydrogen) atoms. The number of nitrogens with zero attached hydrogens (tertiary/aromatic N) is 1. The summed E-state index contributed by atoms with van der Waals surface area (Å²) in [6, 6.07) is 4.50. The second-order valence-electron chi connectivity index (χ2n) is 6.30. The van der Waals surface area contributed by atoms with E-state index in [4.69, 9.17) is 52.5 Å². The molecule has 15 heteroatoms. The quantitative estimate of drug-likeness (QED) is 0.181. The highest BCUT2D eigenvalue weighted by molar-refractivity contribution is 6.36. The number of aliphatic hydroxyl groups excluding tert-OH is 1. The molecule has 0 aliphatic carbocycles. The second-order valence-corrected chi connectivity index (χ2v) is 7.14. The van der Waals surface area contributed by atoms with E-state index in [1.165, 1.54) is 43.5 Å². The van der Waals surface area contributed by atoms with Gasteiger partial charge < -0.3 is 34.5 Å². The summed E-state index contributed by atoms with van der Waals surface area (Å²) in [5.41, 5.74) is 0.216. The number of carbonyl (C=O) groups is 5. The van der Waals surface area contributed by atoms with Crippen LogP contribution in [-0.4, -0.2) is 93.3 Å². The van der Waals surface area contributed by atoms with E-state index < -0.39 is 18.4 Å². The molecule has 0 spiro atoms. The van der Waals surface area contributed by atoms with Crippen LogP contribution in [0.1, 0.15) is 23.2 Å². The zero-order valence-corrected chi connectivity index (χ0v) is 22.1. The summed E-state index contributed by atoms with van der Waals surface area (Å²) < 4.78 is 18.5. The van der Waals surface area contributed by atoms with Crippen molar-refractivity contribution in [2.45, 2.75) is 25.2 Å². The fourth-order valence-corrected chi connectivity index (χ4v) is 2.85. The van der Waals surface area contributed by atoms with Gasteiger partial charge in [-0.3, -0.25) is 19.3 Å². The zero-order chi connectivity index (χ0) is 28.8. The third kappa shape index (κ3) is 16.1. The molecule has 1 aliphatic heterocycles. The Labute approximate surface area is 223 Å². The number of carbonyl (C=O) groups excluding carboxylic acids is 4. The molecule has 1 heterocycles. The predicted octanol–water partition coefficient (Wildman–Crippen LogP) is 2.08. The van der Waals surface area contributed by atoms with Crippen LogP contribution in [0.4, 0.5) is 4.79 Å². The van der Waals surface area contributed by atoms with Crippen LogP contribution >= 0.6 is 23.2 Å². The van der Waals surface area contributed by atoms with Gasteiger partial charge in [-0.2, -0.15) is 0 Å². The molecule has 1 aromatic rings. The largest absolute Gasteiger partial charge is 0.505 e. The van der Waals surface area contributed by atoms with Crippen LogP contribution in [0.15, 0.2) is 30.5 Å². The minimum absolute atomic E-state index is 0.0279. The first-order valence-corrected chi connectivity index (χ1v) is 11.0. The van der Waals surface area contributed by atoms with Crippen molar-refractivity contribution in [3.63, 3.8) is 0 Å². The summed E-state index contributed by atoms with van der Waals surface area (Å²) in [5.74, 6) is -0.911. The Hall–Kier alpha value is -3.39. The van der Waals surface area contributed by atoms with Crippen molar-refractivity contribution in [3.05, 3.63) is 46.1 Å². The molecule has 0 bridgehead atoms. The van der Waals surface area contributed by atoms with Gasteiger partial charge in [0.1, 0.15) is 12.8 Å². The summed E-state index contributed by atoms with van der Waals surface area (Å²) in [6.45, 7) is 0.403. The van der Waals surface area contributed by atoms with Crippen molar-refractivity contribution in [1.82, 2.24) is 10.2 Å². The van der Waals surface area contributed by atoms with Crippen molar-refractivity contribution < 1.29 is 53.1 Å². The maximum absolute atomic E-state index is 12.1. The number of nitrogens with one attached hydrogen (secondary N) is 1. The number of aliphatic hydroxyl groups is 1. The summed E-state index contributed by atoms with van der Waals surface area (Å²) in [4.78, 5) is 53.8. The summed E-state index contributed by atoms with van der Waals surface area (Å²) >= 11 is 11.8. The van der Waals surface area contributed by atoms with E-state index in [1.807, 2.05) is 0 Å². The Morgan fingerprint density at radius 1 is 1.19 bits per heavy atom. The second kappa shape index (κ2) is 21.9. The van der Waals surface area contributed by atoms with E-state index in [9.17, 15) is 14.4 Å². The van der Waals surface area contributed by atoms with Crippen molar-refractivity contribution in [2.24, 2.45) is 0 Å². The Morgan fingerprint density at radius 2 is 1.78 bits per heavy atom. The van der Waals surface area contributed by atoms with Crippen LogP contribution in [0, 0.1) is 0 Å². The molecule has 2 amide bonds. The van der Waals surface area contributed by atoms with Crippen molar-refractivity contribution in [2.75, 3.05) is 35.0 Å². The molecular formula is C22H30Cl2N2O11. The molecule has 1 aliphatic rings. The molecule has 1 aromatic carbocycles. The lowest BCUT2D eigenvalue weighted by Crippen LogP contribution is -2.31. The third-order valence-electron chi connectivity index (χ3n) is 4.01. The summed E-state index contributed by atoms with van der Waals surface area (Å²) in [5, 5.41) is 17.5. The number of amides is 2. The van der Waals surface area contributed by atoms with Gasteiger partial charge in [-0.15, -0.1) is 0 Å².